The minimum atomic E-state index is -0.730. The highest BCUT2D eigenvalue weighted by molar-refractivity contribution is 5.87. The van der Waals surface area contributed by atoms with Crippen LogP contribution < -0.4 is 5.32 Å². The summed E-state index contributed by atoms with van der Waals surface area (Å²) in [6.45, 7) is 4.01. The van der Waals surface area contributed by atoms with Crippen LogP contribution in [0.3, 0.4) is 0 Å². The van der Waals surface area contributed by atoms with Crippen molar-refractivity contribution >= 4 is 11.8 Å². The zero-order chi connectivity index (χ0) is 13.6. The highest BCUT2D eigenvalue weighted by Gasteiger charge is 2.34. The maximum atomic E-state index is 11.0. The van der Waals surface area contributed by atoms with Crippen LogP contribution in [0.2, 0.25) is 0 Å². The van der Waals surface area contributed by atoms with Gasteiger partial charge in [0.1, 0.15) is 0 Å². The molecule has 0 amide bonds. The zero-order valence-corrected chi connectivity index (χ0v) is 11.3. The lowest BCUT2D eigenvalue weighted by Crippen LogP contribution is -2.37. The SMILES string of the molecule is CC(=O)C=C(C)NCC1(CC(=O)O)CCCCC1. The molecule has 0 unspecified atom stereocenters. The van der Waals surface area contributed by atoms with Crippen LogP contribution in [-0.2, 0) is 9.59 Å². The number of allylic oxidation sites excluding steroid dienone is 2. The molecule has 1 aliphatic rings. The number of carboxylic acid groups (broad SMARTS) is 1. The van der Waals surface area contributed by atoms with Gasteiger partial charge in [0, 0.05) is 12.2 Å². The van der Waals surface area contributed by atoms with Gasteiger partial charge in [-0.25, -0.2) is 0 Å². The fourth-order valence-electron chi connectivity index (χ4n) is 2.72. The zero-order valence-electron chi connectivity index (χ0n) is 11.3. The molecule has 1 fully saturated rings. The fourth-order valence-corrected chi connectivity index (χ4v) is 2.72. The molecular weight excluding hydrogens is 230 g/mol. The highest BCUT2D eigenvalue weighted by Crippen LogP contribution is 2.38. The van der Waals surface area contributed by atoms with E-state index in [0.717, 1.165) is 31.4 Å². The van der Waals surface area contributed by atoms with Crippen LogP contribution in [0.5, 0.6) is 0 Å². The van der Waals surface area contributed by atoms with Crippen LogP contribution in [0.25, 0.3) is 0 Å². The van der Waals surface area contributed by atoms with Gasteiger partial charge in [-0.05, 0) is 38.2 Å². The lowest BCUT2D eigenvalue weighted by molar-refractivity contribution is -0.140. The van der Waals surface area contributed by atoms with Crippen molar-refractivity contribution in [3.63, 3.8) is 0 Å². The summed E-state index contributed by atoms with van der Waals surface area (Å²) < 4.78 is 0. The first-order valence-corrected chi connectivity index (χ1v) is 6.58. The van der Waals surface area contributed by atoms with E-state index < -0.39 is 5.97 Å². The predicted molar refractivity (Wildman–Crippen MR) is 70.2 cm³/mol. The first-order chi connectivity index (χ1) is 8.43. The summed E-state index contributed by atoms with van der Waals surface area (Å²) in [5.74, 6) is -0.720. The highest BCUT2D eigenvalue weighted by atomic mass is 16.4. The molecule has 1 saturated carbocycles. The molecule has 4 nitrogen and oxygen atoms in total. The molecule has 0 aromatic rings. The molecule has 2 N–H and O–H groups in total. The van der Waals surface area contributed by atoms with Crippen molar-refractivity contribution in [1.82, 2.24) is 5.32 Å². The Morgan fingerprint density at radius 3 is 2.33 bits per heavy atom. The third-order valence-corrected chi connectivity index (χ3v) is 3.60. The van der Waals surface area contributed by atoms with E-state index in [-0.39, 0.29) is 17.6 Å². The van der Waals surface area contributed by atoms with E-state index in [1.54, 1.807) is 6.08 Å². The number of nitrogens with one attached hydrogen (secondary N) is 1. The van der Waals surface area contributed by atoms with Crippen molar-refractivity contribution in [2.75, 3.05) is 6.54 Å². The third-order valence-electron chi connectivity index (χ3n) is 3.60. The Labute approximate surface area is 108 Å². The summed E-state index contributed by atoms with van der Waals surface area (Å²) in [5, 5.41) is 12.3. The molecule has 0 aromatic heterocycles. The third kappa shape index (κ3) is 4.90. The summed E-state index contributed by atoms with van der Waals surface area (Å²) in [4.78, 5) is 22.0. The first kappa shape index (κ1) is 14.7. The summed E-state index contributed by atoms with van der Waals surface area (Å²) in [7, 11) is 0. The number of carbonyl (C=O) groups is 2. The van der Waals surface area contributed by atoms with Gasteiger partial charge in [-0.15, -0.1) is 0 Å². The van der Waals surface area contributed by atoms with Crippen LogP contribution in [0, 0.1) is 5.41 Å². The second-order valence-electron chi connectivity index (χ2n) is 5.42. The molecule has 0 saturated heterocycles. The summed E-state index contributed by atoms with van der Waals surface area (Å²) in [6.07, 6.45) is 7.09. The lowest BCUT2D eigenvalue weighted by Gasteiger charge is -2.36. The van der Waals surface area contributed by atoms with Crippen LogP contribution in [0.15, 0.2) is 11.8 Å². The van der Waals surface area contributed by atoms with E-state index in [4.69, 9.17) is 5.11 Å². The Kier molecular flexibility index (Phi) is 5.38. The number of hydrogen-bond donors (Lipinski definition) is 2. The average molecular weight is 253 g/mol. The molecule has 0 radical (unpaired) electrons. The van der Waals surface area contributed by atoms with Crippen molar-refractivity contribution in [3.8, 4) is 0 Å². The molecule has 0 spiro atoms. The number of carbonyl (C=O) groups excluding carboxylic acids is 1. The number of ketones is 1. The van der Waals surface area contributed by atoms with Crippen LogP contribution in [0.4, 0.5) is 0 Å². The molecule has 1 rings (SSSR count). The monoisotopic (exact) mass is 253 g/mol. The normalized spacial score (nSPS) is 19.3. The van der Waals surface area contributed by atoms with Gasteiger partial charge in [-0.2, -0.15) is 0 Å². The van der Waals surface area contributed by atoms with Crippen LogP contribution >= 0.6 is 0 Å². The van der Waals surface area contributed by atoms with E-state index in [2.05, 4.69) is 5.32 Å². The Balaban J connectivity index is 2.61. The maximum absolute atomic E-state index is 11.0. The standard InChI is InChI=1S/C14H23NO3/c1-11(8-12(2)16)15-10-14(9-13(17)18)6-4-3-5-7-14/h8,15H,3-7,9-10H2,1-2H3,(H,17,18). The molecule has 1 aliphatic carbocycles. The Morgan fingerprint density at radius 1 is 1.22 bits per heavy atom. The molecule has 0 aromatic carbocycles. The second-order valence-corrected chi connectivity index (χ2v) is 5.42. The topological polar surface area (TPSA) is 66.4 Å². The van der Waals surface area contributed by atoms with Gasteiger partial charge >= 0.3 is 5.97 Å². The second kappa shape index (κ2) is 6.57. The van der Waals surface area contributed by atoms with E-state index in [0.29, 0.717) is 6.54 Å². The van der Waals surface area contributed by atoms with Crippen molar-refractivity contribution in [3.05, 3.63) is 11.8 Å². The van der Waals surface area contributed by atoms with Crippen molar-refractivity contribution in [2.24, 2.45) is 5.41 Å². The van der Waals surface area contributed by atoms with E-state index in [1.807, 2.05) is 6.92 Å². The van der Waals surface area contributed by atoms with Gasteiger partial charge in [0.15, 0.2) is 5.78 Å². The van der Waals surface area contributed by atoms with Gasteiger partial charge < -0.3 is 10.4 Å². The van der Waals surface area contributed by atoms with Crippen LogP contribution in [0.1, 0.15) is 52.4 Å². The predicted octanol–water partition coefficient (Wildman–Crippen LogP) is 2.49. The van der Waals surface area contributed by atoms with Crippen molar-refractivity contribution < 1.29 is 14.7 Å². The lowest BCUT2D eigenvalue weighted by atomic mass is 9.71. The van der Waals surface area contributed by atoms with Gasteiger partial charge in [0.05, 0.1) is 6.42 Å². The number of aliphatic carboxylic acids is 1. The van der Waals surface area contributed by atoms with Gasteiger partial charge in [-0.3, -0.25) is 9.59 Å². The van der Waals surface area contributed by atoms with Crippen molar-refractivity contribution in [2.45, 2.75) is 52.4 Å². The molecule has 102 valence electrons. The van der Waals surface area contributed by atoms with Crippen LogP contribution in [-0.4, -0.2) is 23.4 Å². The van der Waals surface area contributed by atoms with Gasteiger partial charge in [0.2, 0.25) is 0 Å². The van der Waals surface area contributed by atoms with E-state index in [1.165, 1.54) is 13.3 Å². The quantitative estimate of drug-likeness (QED) is 0.714. The number of carboxylic acids is 1. The minimum absolute atomic E-state index is 0.0101. The molecule has 18 heavy (non-hydrogen) atoms. The summed E-state index contributed by atoms with van der Waals surface area (Å²) in [5.41, 5.74) is 0.675. The molecular formula is C14H23NO3. The largest absolute Gasteiger partial charge is 0.481 e. The summed E-state index contributed by atoms with van der Waals surface area (Å²) in [6, 6.07) is 0. The maximum Gasteiger partial charge on any atom is 0.303 e. The molecule has 0 atom stereocenters. The number of hydrogen-bond acceptors (Lipinski definition) is 3. The van der Waals surface area contributed by atoms with Gasteiger partial charge in [0.25, 0.3) is 0 Å². The summed E-state index contributed by atoms with van der Waals surface area (Å²) >= 11 is 0. The van der Waals surface area contributed by atoms with Gasteiger partial charge in [-0.1, -0.05) is 19.3 Å². The Hall–Kier alpha value is -1.32. The smallest absolute Gasteiger partial charge is 0.303 e. The fraction of sp³-hybridized carbons (Fsp3) is 0.714. The first-order valence-electron chi connectivity index (χ1n) is 6.58. The Morgan fingerprint density at radius 2 is 1.83 bits per heavy atom. The number of rotatable bonds is 6. The Bertz CT molecular complexity index is 341. The van der Waals surface area contributed by atoms with Crippen molar-refractivity contribution in [1.29, 1.82) is 0 Å². The average Bonchev–Trinajstić information content (AvgIpc) is 2.26. The molecule has 4 heteroatoms. The molecule has 0 bridgehead atoms. The van der Waals surface area contributed by atoms with E-state index in [9.17, 15) is 9.59 Å². The minimum Gasteiger partial charge on any atom is -0.481 e. The molecule has 0 heterocycles. The van der Waals surface area contributed by atoms with E-state index >= 15 is 0 Å². The molecule has 0 aliphatic heterocycles.